The van der Waals surface area contributed by atoms with E-state index < -0.39 is 28.9 Å². The molecule has 1 unspecified atom stereocenters. The number of aliphatic hydroxyl groups is 1. The fourth-order valence-corrected chi connectivity index (χ4v) is 2.31. The van der Waals surface area contributed by atoms with E-state index in [0.29, 0.717) is 10.6 Å². The van der Waals surface area contributed by atoms with Gasteiger partial charge in [0, 0.05) is 24.0 Å². The second kappa shape index (κ2) is 5.77. The molecule has 130 valence electrons. The van der Waals surface area contributed by atoms with Gasteiger partial charge in [-0.05, 0) is 12.1 Å². The van der Waals surface area contributed by atoms with Gasteiger partial charge >= 0.3 is 6.18 Å². The van der Waals surface area contributed by atoms with Crippen LogP contribution in [0.2, 0.25) is 0 Å². The van der Waals surface area contributed by atoms with E-state index >= 15 is 0 Å². The Balaban J connectivity index is 2.05. The minimum absolute atomic E-state index is 0.0342. The lowest BCUT2D eigenvalue weighted by Gasteiger charge is -2.33. The largest absolute Gasteiger partial charge is 0.438 e. The van der Waals surface area contributed by atoms with E-state index in [1.54, 1.807) is 0 Å². The number of nitrogens with zero attached hydrogens (tertiary/aromatic N) is 5. The molecular weight excluding hydrogens is 343 g/mol. The summed E-state index contributed by atoms with van der Waals surface area (Å²) < 4.78 is 40.4. The van der Waals surface area contributed by atoms with Crippen molar-refractivity contribution in [1.29, 1.82) is 0 Å². The first-order chi connectivity index (χ1) is 11.7. The minimum atomic E-state index is -5.04. The Labute approximate surface area is 138 Å². The van der Waals surface area contributed by atoms with Gasteiger partial charge in [0.25, 0.3) is 11.4 Å². The van der Waals surface area contributed by atoms with E-state index in [1.807, 2.05) is 0 Å². The smallest absolute Gasteiger partial charge is 0.362 e. The third-order valence-corrected chi connectivity index (χ3v) is 3.59. The molecule has 0 fully saturated rings. The zero-order valence-corrected chi connectivity index (χ0v) is 12.4. The predicted molar refractivity (Wildman–Crippen MR) is 79.8 cm³/mol. The Morgan fingerprint density at radius 1 is 1.28 bits per heavy atom. The van der Waals surface area contributed by atoms with Gasteiger partial charge in [-0.3, -0.25) is 15.1 Å². The predicted octanol–water partition coefficient (Wildman–Crippen LogP) is 2.25. The van der Waals surface area contributed by atoms with E-state index in [1.165, 1.54) is 24.5 Å². The number of hydrogen-bond donors (Lipinski definition) is 1. The van der Waals surface area contributed by atoms with Crippen LogP contribution in [0, 0.1) is 10.1 Å². The summed E-state index contributed by atoms with van der Waals surface area (Å²) in [7, 11) is 0. The van der Waals surface area contributed by atoms with Crippen molar-refractivity contribution in [3.63, 3.8) is 0 Å². The van der Waals surface area contributed by atoms with Crippen LogP contribution in [-0.2, 0) is 0 Å². The number of rotatable bonds is 3. The third-order valence-electron chi connectivity index (χ3n) is 3.59. The van der Waals surface area contributed by atoms with Gasteiger partial charge in [-0.2, -0.15) is 18.3 Å². The fourth-order valence-electron chi connectivity index (χ4n) is 2.31. The maximum Gasteiger partial charge on any atom is 0.438 e. The molecule has 1 N–H and O–H groups in total. The highest BCUT2D eigenvalue weighted by molar-refractivity contribution is 6.03. The van der Waals surface area contributed by atoms with Crippen LogP contribution in [0.1, 0.15) is 12.0 Å². The molecule has 3 heterocycles. The molecule has 0 aromatic carbocycles. The molecule has 25 heavy (non-hydrogen) atoms. The molecular formula is C14H10F3N5O3. The Hall–Kier alpha value is -3.08. The highest BCUT2D eigenvalue weighted by atomic mass is 19.4. The van der Waals surface area contributed by atoms with Crippen molar-refractivity contribution >= 4 is 17.2 Å². The van der Waals surface area contributed by atoms with Crippen molar-refractivity contribution in [2.24, 2.45) is 5.10 Å². The van der Waals surface area contributed by atoms with Gasteiger partial charge in [0.05, 0.1) is 17.1 Å². The lowest BCUT2D eigenvalue weighted by atomic mass is 10.0. The maximum atomic E-state index is 13.5. The molecule has 0 bridgehead atoms. The molecule has 8 nitrogen and oxygen atoms in total. The lowest BCUT2D eigenvalue weighted by molar-refractivity contribution is -0.385. The Morgan fingerprint density at radius 2 is 2.04 bits per heavy atom. The third kappa shape index (κ3) is 2.89. The number of nitro groups is 1. The van der Waals surface area contributed by atoms with Crippen LogP contribution in [0.15, 0.2) is 48.0 Å². The maximum absolute atomic E-state index is 13.5. The molecule has 2 aromatic heterocycles. The fraction of sp³-hybridized carbons (Fsp3) is 0.214. The monoisotopic (exact) mass is 353 g/mol. The number of halogens is 3. The average Bonchev–Trinajstić information content (AvgIpc) is 2.95. The normalized spacial score (nSPS) is 20.5. The number of hydrazone groups is 1. The highest BCUT2D eigenvalue weighted by Crippen LogP contribution is 2.43. The topological polar surface area (TPSA) is 105 Å². The second-order valence-electron chi connectivity index (χ2n) is 5.22. The van der Waals surface area contributed by atoms with Crippen molar-refractivity contribution in [1.82, 2.24) is 9.97 Å². The molecule has 0 radical (unpaired) electrons. The van der Waals surface area contributed by atoms with Crippen LogP contribution in [-0.4, -0.2) is 37.6 Å². The molecule has 0 spiro atoms. The molecule has 11 heteroatoms. The van der Waals surface area contributed by atoms with E-state index in [2.05, 4.69) is 15.1 Å². The van der Waals surface area contributed by atoms with Crippen molar-refractivity contribution < 1.29 is 23.2 Å². The quantitative estimate of drug-likeness (QED) is 0.670. The zero-order chi connectivity index (χ0) is 18.2. The summed E-state index contributed by atoms with van der Waals surface area (Å²) in [5.41, 5.74) is -3.43. The molecule has 0 saturated carbocycles. The van der Waals surface area contributed by atoms with Gasteiger partial charge in [0.1, 0.15) is 6.20 Å². The molecule has 0 amide bonds. The molecule has 2 aromatic rings. The van der Waals surface area contributed by atoms with Crippen LogP contribution in [0.3, 0.4) is 0 Å². The van der Waals surface area contributed by atoms with Gasteiger partial charge in [0.2, 0.25) is 0 Å². The lowest BCUT2D eigenvalue weighted by Crippen LogP contribution is -2.55. The van der Waals surface area contributed by atoms with Gasteiger partial charge in [-0.25, -0.2) is 9.99 Å². The summed E-state index contributed by atoms with van der Waals surface area (Å²) in [6.07, 6.45) is -2.30. The summed E-state index contributed by atoms with van der Waals surface area (Å²) in [5, 5.41) is 25.0. The van der Waals surface area contributed by atoms with Crippen molar-refractivity contribution in [2.45, 2.75) is 18.3 Å². The van der Waals surface area contributed by atoms with E-state index in [0.717, 1.165) is 18.3 Å². The van der Waals surface area contributed by atoms with Crippen molar-refractivity contribution in [3.05, 3.63) is 58.5 Å². The molecule has 0 saturated heterocycles. The van der Waals surface area contributed by atoms with Crippen LogP contribution in [0.5, 0.6) is 0 Å². The molecule has 1 aliphatic rings. The molecule has 0 aliphatic carbocycles. The van der Waals surface area contributed by atoms with Crippen molar-refractivity contribution in [3.8, 4) is 0 Å². The van der Waals surface area contributed by atoms with Crippen LogP contribution < -0.4 is 5.01 Å². The molecule has 1 atom stereocenters. The minimum Gasteiger partial charge on any atom is -0.362 e. The van der Waals surface area contributed by atoms with Crippen LogP contribution in [0.4, 0.5) is 24.7 Å². The Bertz CT molecular complexity index is 826. The van der Waals surface area contributed by atoms with Gasteiger partial charge in [-0.15, -0.1) is 0 Å². The Kier molecular flexibility index (Phi) is 3.87. The summed E-state index contributed by atoms with van der Waals surface area (Å²) in [6, 6.07) is 5.01. The van der Waals surface area contributed by atoms with Crippen LogP contribution >= 0.6 is 0 Å². The first-order valence-corrected chi connectivity index (χ1v) is 6.90. The summed E-state index contributed by atoms with van der Waals surface area (Å²) in [4.78, 5) is 17.3. The second-order valence-corrected chi connectivity index (χ2v) is 5.22. The number of aromatic nitrogens is 2. The first-order valence-electron chi connectivity index (χ1n) is 6.90. The number of hydrogen-bond acceptors (Lipinski definition) is 7. The SMILES string of the molecule is O=[N+]([O-])c1ccc(N2N=C(c3cccnc3)CC2(O)C(F)(F)F)nc1. The van der Waals surface area contributed by atoms with Crippen LogP contribution in [0.25, 0.3) is 0 Å². The number of anilines is 1. The van der Waals surface area contributed by atoms with Gasteiger partial charge in [-0.1, -0.05) is 6.07 Å². The number of alkyl halides is 3. The van der Waals surface area contributed by atoms with E-state index in [-0.39, 0.29) is 11.5 Å². The molecule has 3 rings (SSSR count). The molecule has 1 aliphatic heterocycles. The zero-order valence-electron chi connectivity index (χ0n) is 12.4. The average molecular weight is 353 g/mol. The van der Waals surface area contributed by atoms with Crippen molar-refractivity contribution in [2.75, 3.05) is 5.01 Å². The van der Waals surface area contributed by atoms with Gasteiger partial charge < -0.3 is 5.11 Å². The van der Waals surface area contributed by atoms with E-state index in [4.69, 9.17) is 0 Å². The summed E-state index contributed by atoms with van der Waals surface area (Å²) in [6.45, 7) is 0. The summed E-state index contributed by atoms with van der Waals surface area (Å²) in [5.74, 6) is -0.371. The van der Waals surface area contributed by atoms with E-state index in [9.17, 15) is 28.4 Å². The summed E-state index contributed by atoms with van der Waals surface area (Å²) >= 11 is 0. The standard InChI is InChI=1S/C14H10F3N5O3/c15-14(16,17)13(23)6-11(9-2-1-5-18-7-9)20-21(13)12-4-3-10(8-19-12)22(24)25/h1-5,7-8,23H,6H2. The highest BCUT2D eigenvalue weighted by Gasteiger charge is 2.62. The van der Waals surface area contributed by atoms with Gasteiger partial charge in [0.15, 0.2) is 5.82 Å². The first kappa shape index (κ1) is 16.8. The Morgan fingerprint density at radius 3 is 2.56 bits per heavy atom. The number of pyridine rings is 2.